The molecule has 0 aliphatic carbocycles. The second-order valence-electron chi connectivity index (χ2n) is 5.74. The van der Waals surface area contributed by atoms with Gasteiger partial charge in [0.15, 0.2) is 16.1 Å². The van der Waals surface area contributed by atoms with Crippen molar-refractivity contribution in [3.63, 3.8) is 0 Å². The van der Waals surface area contributed by atoms with E-state index in [1.165, 1.54) is 23.1 Å². The van der Waals surface area contributed by atoms with Crippen LogP contribution in [-0.2, 0) is 16.1 Å². The lowest BCUT2D eigenvalue weighted by molar-refractivity contribution is -0.118. The summed E-state index contributed by atoms with van der Waals surface area (Å²) >= 11 is 8.74. The number of pyridine rings is 1. The molecule has 0 bridgehead atoms. The van der Waals surface area contributed by atoms with Crippen LogP contribution in [0.1, 0.15) is 13.3 Å². The molecule has 2 amide bonds. The lowest BCUT2D eigenvalue weighted by Crippen LogP contribution is -2.23. The third kappa shape index (κ3) is 4.89. The Morgan fingerprint density at radius 1 is 1.36 bits per heavy atom. The minimum absolute atomic E-state index is 0.149. The lowest BCUT2D eigenvalue weighted by Gasteiger charge is -2.13. The van der Waals surface area contributed by atoms with E-state index in [2.05, 4.69) is 20.5 Å². The molecule has 0 fully saturated rings. The number of carbonyl (C=O) groups is 2. The number of thiophene rings is 1. The number of hydrogen-bond donors (Lipinski definition) is 2. The Balaban J connectivity index is 1.78. The molecule has 8 nitrogen and oxygen atoms in total. The Labute approximate surface area is 174 Å². The quantitative estimate of drug-likeness (QED) is 0.414. The molecule has 1 unspecified atom stereocenters. The van der Waals surface area contributed by atoms with Gasteiger partial charge in [-0.25, -0.2) is 4.98 Å². The minimum Gasteiger partial charge on any atom is -0.370 e. The van der Waals surface area contributed by atoms with E-state index in [9.17, 15) is 9.59 Å². The van der Waals surface area contributed by atoms with Crippen molar-refractivity contribution in [3.8, 4) is 10.7 Å². The summed E-state index contributed by atoms with van der Waals surface area (Å²) in [5.41, 5.74) is 5.74. The molecule has 0 aliphatic rings. The van der Waals surface area contributed by atoms with Gasteiger partial charge in [0, 0.05) is 19.2 Å². The fourth-order valence-corrected chi connectivity index (χ4v) is 4.07. The Morgan fingerprint density at radius 3 is 2.86 bits per heavy atom. The van der Waals surface area contributed by atoms with Crippen molar-refractivity contribution < 1.29 is 9.59 Å². The molecule has 146 valence electrons. The van der Waals surface area contributed by atoms with Gasteiger partial charge in [-0.3, -0.25) is 9.59 Å². The number of primary amides is 1. The highest BCUT2D eigenvalue weighted by atomic mass is 35.5. The number of thioether (sulfide) groups is 1. The standard InChI is InChI=1S/C17H17ClN6O2S2/c1-10(16(26)21-11-4-2-7-20-14(11)18)28-17-23-22-15(12-5-3-9-27-12)24(17)8-6-13(19)25/h2-5,7,9-10H,6,8H2,1H3,(H2,19,25)(H,21,26). The highest BCUT2D eigenvalue weighted by Crippen LogP contribution is 2.30. The molecule has 1 atom stereocenters. The predicted octanol–water partition coefficient (Wildman–Crippen LogP) is 3.05. The Hall–Kier alpha value is -2.43. The summed E-state index contributed by atoms with van der Waals surface area (Å²) in [6.07, 6.45) is 1.69. The van der Waals surface area contributed by atoms with Gasteiger partial charge in [0.1, 0.15) is 0 Å². The molecule has 0 aromatic carbocycles. The molecule has 0 spiro atoms. The number of nitrogens with zero attached hydrogens (tertiary/aromatic N) is 4. The van der Waals surface area contributed by atoms with Gasteiger partial charge in [-0.05, 0) is 30.5 Å². The van der Waals surface area contributed by atoms with Gasteiger partial charge in [0.2, 0.25) is 11.8 Å². The van der Waals surface area contributed by atoms with Crippen LogP contribution >= 0.6 is 34.7 Å². The summed E-state index contributed by atoms with van der Waals surface area (Å²) in [5.74, 6) is -0.0255. The van der Waals surface area contributed by atoms with Gasteiger partial charge in [-0.1, -0.05) is 29.4 Å². The number of amides is 2. The molecule has 3 aromatic heterocycles. The number of aromatic nitrogens is 4. The summed E-state index contributed by atoms with van der Waals surface area (Å²) in [4.78, 5) is 28.6. The van der Waals surface area contributed by atoms with Gasteiger partial charge in [-0.15, -0.1) is 21.5 Å². The first-order chi connectivity index (χ1) is 13.5. The van der Waals surface area contributed by atoms with E-state index in [0.29, 0.717) is 23.2 Å². The normalized spacial score (nSPS) is 11.9. The molecular formula is C17H17ClN6O2S2. The summed E-state index contributed by atoms with van der Waals surface area (Å²) < 4.78 is 1.81. The summed E-state index contributed by atoms with van der Waals surface area (Å²) in [7, 11) is 0. The van der Waals surface area contributed by atoms with Crippen LogP contribution in [0.2, 0.25) is 5.15 Å². The maximum absolute atomic E-state index is 12.5. The van der Waals surface area contributed by atoms with Crippen LogP contribution in [0.5, 0.6) is 0 Å². The van der Waals surface area contributed by atoms with Gasteiger partial charge in [0.25, 0.3) is 0 Å². The second-order valence-corrected chi connectivity index (χ2v) is 8.36. The van der Waals surface area contributed by atoms with Crippen molar-refractivity contribution in [2.75, 3.05) is 5.32 Å². The largest absolute Gasteiger partial charge is 0.370 e. The average molecular weight is 437 g/mol. The summed E-state index contributed by atoms with van der Waals surface area (Å²) in [6.45, 7) is 2.09. The zero-order valence-electron chi connectivity index (χ0n) is 14.8. The topological polar surface area (TPSA) is 116 Å². The fraction of sp³-hybridized carbons (Fsp3) is 0.235. The van der Waals surface area contributed by atoms with Crippen LogP contribution < -0.4 is 11.1 Å². The first kappa shape index (κ1) is 20.3. The second kappa shape index (κ2) is 9.18. The van der Waals surface area contributed by atoms with Crippen LogP contribution in [0.25, 0.3) is 10.7 Å². The maximum Gasteiger partial charge on any atom is 0.237 e. The van der Waals surface area contributed by atoms with Crippen molar-refractivity contribution >= 4 is 52.2 Å². The Kier molecular flexibility index (Phi) is 6.65. The van der Waals surface area contributed by atoms with E-state index >= 15 is 0 Å². The molecule has 0 radical (unpaired) electrons. The van der Waals surface area contributed by atoms with Crippen molar-refractivity contribution in [3.05, 3.63) is 41.0 Å². The number of rotatable bonds is 8. The lowest BCUT2D eigenvalue weighted by atomic mass is 10.4. The highest BCUT2D eigenvalue weighted by molar-refractivity contribution is 8.00. The van der Waals surface area contributed by atoms with Crippen molar-refractivity contribution in [1.82, 2.24) is 19.7 Å². The molecule has 11 heteroatoms. The predicted molar refractivity (Wildman–Crippen MR) is 110 cm³/mol. The number of nitrogens with one attached hydrogen (secondary N) is 1. The SMILES string of the molecule is CC(Sc1nnc(-c2cccs2)n1CCC(N)=O)C(=O)Nc1cccnc1Cl. The summed E-state index contributed by atoms with van der Waals surface area (Å²) in [6, 6.07) is 7.19. The molecule has 0 saturated carbocycles. The first-order valence-electron chi connectivity index (χ1n) is 8.29. The zero-order chi connectivity index (χ0) is 20.1. The number of carbonyl (C=O) groups excluding carboxylic acids is 2. The third-order valence-corrected chi connectivity index (χ3v) is 5.96. The molecule has 3 heterocycles. The van der Waals surface area contributed by atoms with Crippen LogP contribution in [0.15, 0.2) is 41.0 Å². The van der Waals surface area contributed by atoms with Gasteiger partial charge in [-0.2, -0.15) is 0 Å². The average Bonchev–Trinajstić information content (AvgIpc) is 3.31. The number of anilines is 1. The van der Waals surface area contributed by atoms with Crippen LogP contribution in [0, 0.1) is 0 Å². The van der Waals surface area contributed by atoms with Crippen molar-refractivity contribution in [1.29, 1.82) is 0 Å². The summed E-state index contributed by atoms with van der Waals surface area (Å²) in [5, 5.41) is 13.4. The Morgan fingerprint density at radius 2 is 2.18 bits per heavy atom. The van der Waals surface area contributed by atoms with Gasteiger partial charge < -0.3 is 15.6 Å². The monoisotopic (exact) mass is 436 g/mol. The third-order valence-electron chi connectivity index (χ3n) is 3.71. The van der Waals surface area contributed by atoms with Crippen LogP contribution in [-0.4, -0.2) is 36.8 Å². The first-order valence-corrected chi connectivity index (χ1v) is 10.4. The molecule has 3 rings (SSSR count). The molecule has 3 N–H and O–H groups in total. The van der Waals surface area contributed by atoms with E-state index in [4.69, 9.17) is 17.3 Å². The number of nitrogens with two attached hydrogens (primary N) is 1. The molecule has 0 aliphatic heterocycles. The van der Waals surface area contributed by atoms with E-state index in [0.717, 1.165) is 4.88 Å². The maximum atomic E-state index is 12.5. The Bertz CT molecular complexity index is 976. The minimum atomic E-state index is -0.482. The number of hydrogen-bond acceptors (Lipinski definition) is 7. The fourth-order valence-electron chi connectivity index (χ4n) is 2.31. The van der Waals surface area contributed by atoms with Crippen molar-refractivity contribution in [2.24, 2.45) is 5.73 Å². The van der Waals surface area contributed by atoms with Crippen LogP contribution in [0.3, 0.4) is 0 Å². The van der Waals surface area contributed by atoms with E-state index < -0.39 is 11.2 Å². The van der Waals surface area contributed by atoms with E-state index in [-0.39, 0.29) is 17.5 Å². The molecular weight excluding hydrogens is 420 g/mol. The molecule has 28 heavy (non-hydrogen) atoms. The van der Waals surface area contributed by atoms with Gasteiger partial charge in [0.05, 0.1) is 15.8 Å². The molecule has 0 saturated heterocycles. The smallest absolute Gasteiger partial charge is 0.237 e. The van der Waals surface area contributed by atoms with Crippen LogP contribution in [0.4, 0.5) is 5.69 Å². The van der Waals surface area contributed by atoms with E-state index in [1.807, 2.05) is 22.1 Å². The highest BCUT2D eigenvalue weighted by Gasteiger charge is 2.22. The number of halogens is 1. The zero-order valence-corrected chi connectivity index (χ0v) is 17.2. The van der Waals surface area contributed by atoms with E-state index in [1.54, 1.807) is 25.3 Å². The van der Waals surface area contributed by atoms with Crippen molar-refractivity contribution in [2.45, 2.75) is 30.3 Å². The van der Waals surface area contributed by atoms with Gasteiger partial charge >= 0.3 is 0 Å². The molecule has 3 aromatic rings.